The minimum atomic E-state index is -4.58. The maximum absolute atomic E-state index is 13.9. The van der Waals surface area contributed by atoms with Crippen LogP contribution in [0.15, 0.2) is 91.5 Å². The van der Waals surface area contributed by atoms with Gasteiger partial charge in [0.15, 0.2) is 0 Å². The first-order valence-corrected chi connectivity index (χ1v) is 17.7. The molecular formula is C39H45F3N6O5. The molecule has 0 unspecified atom stereocenters. The van der Waals surface area contributed by atoms with Crippen molar-refractivity contribution in [2.24, 2.45) is 5.92 Å². The molecule has 0 saturated carbocycles. The zero-order chi connectivity index (χ0) is 37.5. The third-order valence-electron chi connectivity index (χ3n) is 9.72. The van der Waals surface area contributed by atoms with Gasteiger partial charge in [0, 0.05) is 74.7 Å². The Morgan fingerprint density at radius 2 is 1.89 bits per heavy atom. The van der Waals surface area contributed by atoms with Gasteiger partial charge < -0.3 is 30.2 Å². The number of β-amino-alcohol motifs (C(OH)–C–C–N with tert-alkyl or cyclic N) is 1. The van der Waals surface area contributed by atoms with Crippen LogP contribution in [0.25, 0.3) is 5.69 Å². The second-order valence-electron chi connectivity index (χ2n) is 13.9. The molecule has 2 aliphatic rings. The van der Waals surface area contributed by atoms with Gasteiger partial charge in [-0.2, -0.15) is 13.2 Å². The largest absolute Gasteiger partial charge is 0.490 e. The van der Waals surface area contributed by atoms with E-state index in [1.807, 2.05) is 64.4 Å². The van der Waals surface area contributed by atoms with E-state index in [1.165, 1.54) is 0 Å². The Morgan fingerprint density at radius 3 is 2.66 bits per heavy atom. The number of pyridine rings is 1. The molecule has 11 nitrogen and oxygen atoms in total. The van der Waals surface area contributed by atoms with Crippen molar-refractivity contribution >= 4 is 11.8 Å². The fourth-order valence-electron chi connectivity index (χ4n) is 7.09. The number of fused-ring (bicyclic) bond motifs is 1. The number of aryl methyl sites for hydroxylation is 1. The van der Waals surface area contributed by atoms with Crippen LogP contribution in [0.5, 0.6) is 5.75 Å². The molecule has 2 amide bonds. The summed E-state index contributed by atoms with van der Waals surface area (Å²) in [5, 5.41) is 27.2. The molecule has 4 heterocycles. The van der Waals surface area contributed by atoms with E-state index >= 15 is 0 Å². The van der Waals surface area contributed by atoms with Crippen molar-refractivity contribution in [3.63, 3.8) is 0 Å². The SMILES string of the molecule is Cc1cccc(-n2ccc(CN3CCN(C[C@@H](O)C[C@@H](Cc4cccnc4)C(=O)N[C@H]4c5ccccc5OC[C@H]4O)[C@H](C(=O)NCC(F)(F)F)C3)c2)c1. The predicted octanol–water partition coefficient (Wildman–Crippen LogP) is 3.57. The number of nitrogens with zero attached hydrogens (tertiary/aromatic N) is 4. The molecule has 0 aliphatic carbocycles. The summed E-state index contributed by atoms with van der Waals surface area (Å²) in [7, 11) is 0. The van der Waals surface area contributed by atoms with Crippen LogP contribution >= 0.6 is 0 Å². The Hall–Kier alpha value is -4.76. The second kappa shape index (κ2) is 16.9. The van der Waals surface area contributed by atoms with Crippen LogP contribution < -0.4 is 15.4 Å². The van der Waals surface area contributed by atoms with Gasteiger partial charge >= 0.3 is 6.18 Å². The Labute approximate surface area is 306 Å². The lowest BCUT2D eigenvalue weighted by molar-refractivity contribution is -0.143. The van der Waals surface area contributed by atoms with Crippen molar-refractivity contribution in [2.75, 3.05) is 39.3 Å². The number of hydrogen-bond acceptors (Lipinski definition) is 8. The number of rotatable bonds is 13. The summed E-state index contributed by atoms with van der Waals surface area (Å²) in [4.78, 5) is 35.1. The molecule has 14 heteroatoms. The Kier molecular flexibility index (Phi) is 12.1. The van der Waals surface area contributed by atoms with E-state index in [2.05, 4.69) is 16.4 Å². The van der Waals surface area contributed by atoms with Crippen LogP contribution in [0.2, 0.25) is 0 Å². The molecule has 2 aromatic heterocycles. The quantitative estimate of drug-likeness (QED) is 0.164. The summed E-state index contributed by atoms with van der Waals surface area (Å²) in [6, 6.07) is 19.0. The van der Waals surface area contributed by atoms with Crippen molar-refractivity contribution < 1.29 is 37.7 Å². The standard InChI is InChI=1S/C39H45F3N6O5/c1-26-6-4-8-30(16-26)47-13-11-28(21-47)20-46-14-15-48(33(23-46)38(52)44-25-39(40,41)42)22-31(49)18-29(17-27-7-5-12-43-19-27)37(51)45-36-32-9-2-3-10-35(32)53-24-34(36)50/h2-13,16,19,21,29,31,33-34,36,49-50H,14-15,17-18,20,22-25H2,1H3,(H,44,52)(H,45,51)/t29-,31+,33+,34-,36+/m1/s1. The Morgan fingerprint density at radius 1 is 1.06 bits per heavy atom. The molecule has 5 atom stereocenters. The number of nitrogens with one attached hydrogen (secondary N) is 2. The molecule has 1 saturated heterocycles. The van der Waals surface area contributed by atoms with Crippen molar-refractivity contribution in [1.29, 1.82) is 0 Å². The number of alkyl halides is 3. The number of aromatic nitrogens is 2. The van der Waals surface area contributed by atoms with E-state index in [1.54, 1.807) is 47.6 Å². The van der Waals surface area contributed by atoms with E-state index in [0.29, 0.717) is 30.9 Å². The highest BCUT2D eigenvalue weighted by atomic mass is 19.4. The van der Waals surface area contributed by atoms with Crippen LogP contribution in [0, 0.1) is 12.8 Å². The molecular weight excluding hydrogens is 689 g/mol. The first kappa shape index (κ1) is 38.0. The topological polar surface area (TPSA) is 132 Å². The molecule has 282 valence electrons. The van der Waals surface area contributed by atoms with Crippen LogP contribution in [0.4, 0.5) is 13.2 Å². The molecule has 6 rings (SSSR count). The summed E-state index contributed by atoms with van der Waals surface area (Å²) in [5.41, 5.74) is 4.51. The highest BCUT2D eigenvalue weighted by Gasteiger charge is 2.37. The van der Waals surface area contributed by atoms with E-state index in [-0.39, 0.29) is 32.5 Å². The normalized spacial score (nSPS) is 20.5. The molecule has 2 aliphatic heterocycles. The van der Waals surface area contributed by atoms with E-state index in [4.69, 9.17) is 4.74 Å². The molecule has 0 radical (unpaired) electrons. The van der Waals surface area contributed by atoms with Crippen molar-refractivity contribution in [3.8, 4) is 11.4 Å². The van der Waals surface area contributed by atoms with E-state index in [9.17, 15) is 33.0 Å². The van der Waals surface area contributed by atoms with E-state index < -0.39 is 54.7 Å². The number of ether oxygens (including phenoxy) is 1. The Balaban J connectivity index is 1.15. The molecule has 0 spiro atoms. The van der Waals surface area contributed by atoms with Gasteiger partial charge in [-0.25, -0.2) is 0 Å². The average Bonchev–Trinajstić information content (AvgIpc) is 3.61. The van der Waals surface area contributed by atoms with Gasteiger partial charge in [0.1, 0.15) is 31.0 Å². The van der Waals surface area contributed by atoms with Crippen LogP contribution in [0.3, 0.4) is 0 Å². The number of aliphatic hydroxyl groups is 2. The van der Waals surface area contributed by atoms with E-state index in [0.717, 1.165) is 22.4 Å². The smallest absolute Gasteiger partial charge is 0.405 e. The minimum absolute atomic E-state index is 0.000176. The average molecular weight is 735 g/mol. The van der Waals surface area contributed by atoms with Gasteiger partial charge in [-0.1, -0.05) is 36.4 Å². The number of carbonyl (C=O) groups is 2. The number of benzene rings is 2. The first-order valence-electron chi connectivity index (χ1n) is 17.7. The van der Waals surface area contributed by atoms with Gasteiger partial charge in [0.05, 0.1) is 12.1 Å². The highest BCUT2D eigenvalue weighted by molar-refractivity contribution is 5.82. The summed E-state index contributed by atoms with van der Waals surface area (Å²) >= 11 is 0. The molecule has 1 fully saturated rings. The van der Waals surface area contributed by atoms with Crippen molar-refractivity contribution in [1.82, 2.24) is 30.0 Å². The maximum Gasteiger partial charge on any atom is 0.405 e. The molecule has 4 N–H and O–H groups in total. The molecule has 53 heavy (non-hydrogen) atoms. The van der Waals surface area contributed by atoms with Gasteiger partial charge in [0.2, 0.25) is 11.8 Å². The van der Waals surface area contributed by atoms with Gasteiger partial charge in [-0.3, -0.25) is 24.4 Å². The lowest BCUT2D eigenvalue weighted by Gasteiger charge is -2.41. The highest BCUT2D eigenvalue weighted by Crippen LogP contribution is 2.32. The third-order valence-corrected chi connectivity index (χ3v) is 9.72. The summed E-state index contributed by atoms with van der Waals surface area (Å²) in [6.45, 7) is 1.95. The fourth-order valence-corrected chi connectivity index (χ4v) is 7.09. The van der Waals surface area contributed by atoms with Crippen LogP contribution in [-0.4, -0.2) is 105 Å². The summed E-state index contributed by atoms with van der Waals surface area (Å²) < 4.78 is 47.1. The summed E-state index contributed by atoms with van der Waals surface area (Å²) in [6.07, 6.45) is 0.742. The maximum atomic E-state index is 13.9. The zero-order valence-electron chi connectivity index (χ0n) is 29.5. The zero-order valence-corrected chi connectivity index (χ0v) is 29.5. The van der Waals surface area contributed by atoms with Crippen molar-refractivity contribution in [2.45, 2.75) is 56.8 Å². The lowest BCUT2D eigenvalue weighted by Crippen LogP contribution is -2.60. The van der Waals surface area contributed by atoms with Crippen molar-refractivity contribution in [3.05, 3.63) is 114 Å². The third kappa shape index (κ3) is 10.2. The first-order chi connectivity index (χ1) is 25.4. The number of para-hydroxylation sites is 1. The monoisotopic (exact) mass is 734 g/mol. The number of piperazine rings is 1. The second-order valence-corrected chi connectivity index (χ2v) is 13.9. The molecule has 0 bridgehead atoms. The molecule has 2 aromatic carbocycles. The number of halogens is 3. The van der Waals surface area contributed by atoms with Gasteiger partial charge in [0.25, 0.3) is 0 Å². The van der Waals surface area contributed by atoms with Gasteiger partial charge in [-0.05, 0) is 66.8 Å². The predicted molar refractivity (Wildman–Crippen MR) is 191 cm³/mol. The number of hydrogen-bond donors (Lipinski definition) is 4. The van der Waals surface area contributed by atoms with Crippen LogP contribution in [-0.2, 0) is 22.6 Å². The fraction of sp³-hybridized carbons (Fsp3) is 0.410. The number of carbonyl (C=O) groups excluding carboxylic acids is 2. The van der Waals surface area contributed by atoms with Gasteiger partial charge in [-0.15, -0.1) is 0 Å². The minimum Gasteiger partial charge on any atom is -0.490 e. The Bertz CT molecular complexity index is 1840. The van der Waals surface area contributed by atoms with Crippen LogP contribution in [0.1, 0.15) is 34.7 Å². The lowest BCUT2D eigenvalue weighted by atomic mass is 9.91. The summed E-state index contributed by atoms with van der Waals surface area (Å²) in [5.74, 6) is -1.37. The number of amides is 2. The number of aliphatic hydroxyl groups excluding tert-OH is 2. The molecule has 4 aromatic rings.